The molecule has 1 aliphatic heterocycles. The van der Waals surface area contributed by atoms with Crippen molar-refractivity contribution in [3.05, 3.63) is 52.9 Å². The standard InChI is InChI=1S/C25H29FN5O8P/c1-5-25(26)19(32)18(38-23(25)31-12-11-17-20(31)28-24(27)29-21(17)33)13-36-40(35,39-16-9-7-6-8-10-16)30-15(4)22(34)37-14(2)3/h1,6-12,14-15,18-19,23,32H,13H2,2-4H3,(H,30,35)(H3,27,28,29,33)/t15-,18+,19-,23+,25?,40?/m0/s1. The number of H-pyrrole nitrogens is 1. The van der Waals surface area contributed by atoms with Gasteiger partial charge in [0.25, 0.3) is 5.56 Å². The average Bonchev–Trinajstić information content (AvgIpc) is 3.42. The SMILES string of the molecule is C#CC1(F)[C@@H](O)[C@@H](COP(=O)(N[C@@H](C)C(=O)OC(C)C)Oc2ccccc2)O[C@H]1n1ccc2c(=O)[nH]c(N)nc21. The van der Waals surface area contributed by atoms with Crippen molar-refractivity contribution in [2.45, 2.75) is 57.0 Å². The number of alkyl halides is 1. The third-order valence-electron chi connectivity index (χ3n) is 5.95. The Morgan fingerprint density at radius 2 is 2.08 bits per heavy atom. The Kier molecular flexibility index (Phi) is 8.34. The number of esters is 1. The summed E-state index contributed by atoms with van der Waals surface area (Å²) >= 11 is 0. The smallest absolute Gasteiger partial charge is 0.459 e. The number of carbonyl (C=O) groups excluding carboxylic acids is 1. The summed E-state index contributed by atoms with van der Waals surface area (Å²) in [7, 11) is -4.35. The van der Waals surface area contributed by atoms with Gasteiger partial charge in [-0.05, 0) is 39.0 Å². The van der Waals surface area contributed by atoms with Gasteiger partial charge in [0.2, 0.25) is 11.6 Å². The highest BCUT2D eigenvalue weighted by Crippen LogP contribution is 2.48. The lowest BCUT2D eigenvalue weighted by Crippen LogP contribution is -2.42. The summed E-state index contributed by atoms with van der Waals surface area (Å²) in [5.41, 5.74) is 2.23. The van der Waals surface area contributed by atoms with Crippen LogP contribution in [0, 0.1) is 12.3 Å². The van der Waals surface area contributed by atoms with Crippen molar-refractivity contribution < 1.29 is 37.4 Å². The molecule has 214 valence electrons. The molecule has 1 fully saturated rings. The number of ether oxygens (including phenoxy) is 2. The fourth-order valence-corrected chi connectivity index (χ4v) is 5.57. The monoisotopic (exact) mass is 577 g/mol. The molecule has 0 saturated carbocycles. The zero-order valence-electron chi connectivity index (χ0n) is 21.8. The Morgan fingerprint density at radius 3 is 2.73 bits per heavy atom. The lowest BCUT2D eigenvalue weighted by atomic mass is 9.97. The largest absolute Gasteiger partial charge is 0.462 e. The van der Waals surface area contributed by atoms with Crippen LogP contribution in [-0.2, 0) is 23.4 Å². The highest BCUT2D eigenvalue weighted by Gasteiger charge is 2.58. The maximum Gasteiger partial charge on any atom is 0.459 e. The van der Waals surface area contributed by atoms with Crippen molar-refractivity contribution in [2.75, 3.05) is 12.3 Å². The van der Waals surface area contributed by atoms with Gasteiger partial charge in [-0.2, -0.15) is 10.1 Å². The van der Waals surface area contributed by atoms with Gasteiger partial charge in [0.1, 0.15) is 24.0 Å². The van der Waals surface area contributed by atoms with E-state index in [1.807, 2.05) is 5.92 Å². The number of carbonyl (C=O) groups is 1. The molecule has 15 heteroatoms. The average molecular weight is 578 g/mol. The maximum absolute atomic E-state index is 16.0. The van der Waals surface area contributed by atoms with Crippen LogP contribution in [0.2, 0.25) is 0 Å². The van der Waals surface area contributed by atoms with Gasteiger partial charge >= 0.3 is 13.7 Å². The normalized spacial score (nSPS) is 24.9. The number of benzene rings is 1. The van der Waals surface area contributed by atoms with Crippen molar-refractivity contribution in [3.63, 3.8) is 0 Å². The van der Waals surface area contributed by atoms with Gasteiger partial charge in [0.15, 0.2) is 11.9 Å². The number of fused-ring (bicyclic) bond motifs is 1. The van der Waals surface area contributed by atoms with Crippen LogP contribution in [0.25, 0.3) is 11.0 Å². The molecule has 1 saturated heterocycles. The van der Waals surface area contributed by atoms with E-state index in [4.69, 9.17) is 30.7 Å². The predicted octanol–water partition coefficient (Wildman–Crippen LogP) is 2.04. The van der Waals surface area contributed by atoms with Crippen LogP contribution in [0.1, 0.15) is 27.0 Å². The first-order chi connectivity index (χ1) is 18.9. The van der Waals surface area contributed by atoms with Gasteiger partial charge in [0, 0.05) is 6.20 Å². The van der Waals surface area contributed by atoms with E-state index in [2.05, 4.69) is 15.1 Å². The third kappa shape index (κ3) is 5.89. The number of anilines is 1. The van der Waals surface area contributed by atoms with Crippen LogP contribution in [0.5, 0.6) is 5.75 Å². The van der Waals surface area contributed by atoms with Crippen molar-refractivity contribution in [1.29, 1.82) is 0 Å². The van der Waals surface area contributed by atoms with Crippen molar-refractivity contribution in [1.82, 2.24) is 19.6 Å². The Morgan fingerprint density at radius 1 is 1.38 bits per heavy atom. The Bertz CT molecular complexity index is 1520. The molecule has 2 aromatic heterocycles. The summed E-state index contributed by atoms with van der Waals surface area (Å²) in [5.74, 6) is 1.11. The van der Waals surface area contributed by atoms with E-state index < -0.39 is 62.1 Å². The fourth-order valence-electron chi connectivity index (χ4n) is 4.07. The second kappa shape index (κ2) is 11.4. The summed E-state index contributed by atoms with van der Waals surface area (Å²) in [4.78, 5) is 30.9. The number of para-hydroxylation sites is 1. The fraction of sp³-hybridized carbons (Fsp3) is 0.400. The maximum atomic E-state index is 16.0. The topological polar surface area (TPSA) is 180 Å². The molecular formula is C25H29FN5O8P. The van der Waals surface area contributed by atoms with Crippen LogP contribution >= 0.6 is 7.75 Å². The Hall–Kier alpha value is -3.73. The second-order valence-electron chi connectivity index (χ2n) is 9.33. The molecule has 1 aliphatic rings. The van der Waals surface area contributed by atoms with E-state index in [9.17, 15) is 19.3 Å². The Balaban J connectivity index is 1.59. The summed E-state index contributed by atoms with van der Waals surface area (Å²) in [5, 5.41) is 13.4. The molecule has 0 bridgehead atoms. The number of halogens is 1. The van der Waals surface area contributed by atoms with Crippen LogP contribution in [0.3, 0.4) is 0 Å². The summed E-state index contributed by atoms with van der Waals surface area (Å²) in [6.07, 6.45) is 1.26. The van der Waals surface area contributed by atoms with Crippen molar-refractivity contribution in [3.8, 4) is 18.1 Å². The van der Waals surface area contributed by atoms with Crippen LogP contribution < -0.4 is 20.9 Å². The van der Waals surface area contributed by atoms with Gasteiger partial charge < -0.3 is 29.4 Å². The molecule has 2 unspecified atom stereocenters. The number of nitrogens with one attached hydrogen (secondary N) is 2. The molecular weight excluding hydrogens is 548 g/mol. The lowest BCUT2D eigenvalue weighted by Gasteiger charge is -2.25. The predicted molar refractivity (Wildman–Crippen MR) is 142 cm³/mol. The van der Waals surface area contributed by atoms with E-state index in [1.165, 1.54) is 31.3 Å². The molecule has 3 heterocycles. The van der Waals surface area contributed by atoms with E-state index in [-0.39, 0.29) is 22.7 Å². The number of nitrogens with zero attached hydrogens (tertiary/aromatic N) is 2. The quantitative estimate of drug-likeness (QED) is 0.157. The number of hydrogen-bond acceptors (Lipinski definition) is 10. The molecule has 3 aromatic rings. The molecule has 0 aliphatic carbocycles. The van der Waals surface area contributed by atoms with Gasteiger partial charge in [-0.25, -0.2) is 8.96 Å². The van der Waals surface area contributed by atoms with E-state index in [0.717, 1.165) is 4.57 Å². The van der Waals surface area contributed by atoms with Gasteiger partial charge in [-0.3, -0.25) is 19.1 Å². The Labute approximate surface area is 228 Å². The van der Waals surface area contributed by atoms with Gasteiger partial charge in [0.05, 0.1) is 18.1 Å². The minimum absolute atomic E-state index is 0.0328. The van der Waals surface area contributed by atoms with Gasteiger partial charge in [-0.15, -0.1) is 6.42 Å². The summed E-state index contributed by atoms with van der Waals surface area (Å²) in [6.45, 7) is 4.02. The minimum atomic E-state index is -4.35. The number of aliphatic hydroxyl groups excluding tert-OH is 1. The molecule has 6 atom stereocenters. The first-order valence-corrected chi connectivity index (χ1v) is 13.7. The third-order valence-corrected chi connectivity index (χ3v) is 7.60. The second-order valence-corrected chi connectivity index (χ2v) is 11.0. The van der Waals surface area contributed by atoms with Gasteiger partial charge in [-0.1, -0.05) is 24.1 Å². The number of terminal acetylenes is 1. The number of nitrogen functional groups attached to an aromatic ring is 1. The molecule has 0 amide bonds. The molecule has 4 rings (SSSR count). The molecule has 13 nitrogen and oxygen atoms in total. The highest BCUT2D eigenvalue weighted by molar-refractivity contribution is 7.52. The molecule has 5 N–H and O–H groups in total. The number of rotatable bonds is 10. The van der Waals surface area contributed by atoms with E-state index in [1.54, 1.807) is 32.0 Å². The number of nitrogens with two attached hydrogens (primary N) is 1. The van der Waals surface area contributed by atoms with Crippen molar-refractivity contribution in [2.24, 2.45) is 0 Å². The minimum Gasteiger partial charge on any atom is -0.462 e. The molecule has 1 aromatic carbocycles. The van der Waals surface area contributed by atoms with Crippen LogP contribution in [0.15, 0.2) is 47.4 Å². The van der Waals surface area contributed by atoms with E-state index in [0.29, 0.717) is 0 Å². The lowest BCUT2D eigenvalue weighted by molar-refractivity contribution is -0.149. The number of aliphatic hydroxyl groups is 1. The molecule has 0 radical (unpaired) electrons. The first-order valence-electron chi connectivity index (χ1n) is 12.2. The zero-order chi connectivity index (χ0) is 29.2. The molecule has 0 spiro atoms. The van der Waals surface area contributed by atoms with Crippen LogP contribution in [-0.4, -0.2) is 62.2 Å². The first kappa shape index (κ1) is 29.3. The van der Waals surface area contributed by atoms with Crippen LogP contribution in [0.4, 0.5) is 10.3 Å². The highest BCUT2D eigenvalue weighted by atomic mass is 31.2. The number of aromatic nitrogens is 3. The number of aromatic amines is 1. The zero-order valence-corrected chi connectivity index (χ0v) is 22.7. The number of hydrogen-bond donors (Lipinski definition) is 4. The van der Waals surface area contributed by atoms with E-state index >= 15 is 4.39 Å². The van der Waals surface area contributed by atoms with Crippen molar-refractivity contribution >= 4 is 30.7 Å². The summed E-state index contributed by atoms with van der Waals surface area (Å²) < 4.78 is 52.9. The molecule has 40 heavy (non-hydrogen) atoms. The summed E-state index contributed by atoms with van der Waals surface area (Å²) in [6, 6.07) is 8.21.